The van der Waals surface area contributed by atoms with Gasteiger partial charge in [-0.3, -0.25) is 9.55 Å². The zero-order valence-electron chi connectivity index (χ0n) is 13.3. The fraction of sp³-hybridized carbons (Fsp3) is 0.235. The van der Waals surface area contributed by atoms with E-state index in [1.54, 1.807) is 19.4 Å². The summed E-state index contributed by atoms with van der Waals surface area (Å²) in [6.07, 6.45) is 1.71. The van der Waals surface area contributed by atoms with Crippen molar-refractivity contribution in [3.05, 3.63) is 47.4 Å². The number of methoxy groups -OCH3 is 1. The zero-order valence-corrected chi connectivity index (χ0v) is 14.1. The molecular formula is C17H16ClN5O. The lowest BCUT2D eigenvalue weighted by Gasteiger charge is -2.12. The number of hydrogen-bond donors (Lipinski definition) is 1. The van der Waals surface area contributed by atoms with Gasteiger partial charge in [-0.2, -0.15) is 0 Å². The largest absolute Gasteiger partial charge is 0.497 e. The van der Waals surface area contributed by atoms with Crippen molar-refractivity contribution >= 4 is 17.3 Å². The van der Waals surface area contributed by atoms with E-state index >= 15 is 0 Å². The van der Waals surface area contributed by atoms with Gasteiger partial charge in [-0.25, -0.2) is 0 Å². The van der Waals surface area contributed by atoms with Crippen LogP contribution >= 0.6 is 11.6 Å². The summed E-state index contributed by atoms with van der Waals surface area (Å²) in [5, 5.41) is 12.9. The second-order valence-electron chi connectivity index (χ2n) is 5.74. The third-order valence-electron chi connectivity index (χ3n) is 4.12. The van der Waals surface area contributed by atoms with E-state index < -0.39 is 0 Å². The predicted octanol–water partition coefficient (Wildman–Crippen LogP) is 3.52. The molecule has 2 aromatic heterocycles. The minimum atomic E-state index is 0.197. The Morgan fingerprint density at radius 3 is 2.96 bits per heavy atom. The lowest BCUT2D eigenvalue weighted by molar-refractivity contribution is 0.414. The van der Waals surface area contributed by atoms with Gasteiger partial charge >= 0.3 is 0 Å². The molecule has 0 bridgehead atoms. The maximum Gasteiger partial charge on any atom is 0.187 e. The summed E-state index contributed by atoms with van der Waals surface area (Å²) >= 11 is 6.15. The van der Waals surface area contributed by atoms with E-state index in [9.17, 15) is 0 Å². The van der Waals surface area contributed by atoms with Crippen molar-refractivity contribution in [2.75, 3.05) is 19.0 Å². The highest BCUT2D eigenvalue weighted by Crippen LogP contribution is 2.34. The Balaban J connectivity index is 1.96. The highest BCUT2D eigenvalue weighted by Gasteiger charge is 2.25. The Bertz CT molecular complexity index is 908. The molecule has 3 heterocycles. The van der Waals surface area contributed by atoms with Crippen LogP contribution in [0, 0.1) is 0 Å². The summed E-state index contributed by atoms with van der Waals surface area (Å²) in [4.78, 5) is 4.43. The van der Waals surface area contributed by atoms with E-state index in [1.807, 2.05) is 28.8 Å². The van der Waals surface area contributed by atoms with E-state index in [0.29, 0.717) is 16.5 Å². The second-order valence-corrected chi connectivity index (χ2v) is 6.18. The maximum absolute atomic E-state index is 6.15. The number of benzene rings is 1. The summed E-state index contributed by atoms with van der Waals surface area (Å²) in [5.41, 5.74) is 2.63. The van der Waals surface area contributed by atoms with Gasteiger partial charge in [-0.05, 0) is 24.3 Å². The molecule has 1 aliphatic heterocycles. The van der Waals surface area contributed by atoms with E-state index in [2.05, 4.69) is 27.4 Å². The number of pyridine rings is 1. The van der Waals surface area contributed by atoms with Gasteiger partial charge in [0.2, 0.25) is 0 Å². The molecule has 7 heteroatoms. The van der Waals surface area contributed by atoms with Gasteiger partial charge in [-0.15, -0.1) is 10.2 Å². The van der Waals surface area contributed by atoms with Crippen LogP contribution in [0.15, 0.2) is 36.5 Å². The van der Waals surface area contributed by atoms with Gasteiger partial charge in [0, 0.05) is 29.7 Å². The smallest absolute Gasteiger partial charge is 0.187 e. The zero-order chi connectivity index (χ0) is 16.7. The Morgan fingerprint density at radius 2 is 2.12 bits per heavy atom. The minimum absolute atomic E-state index is 0.197. The number of halogens is 1. The van der Waals surface area contributed by atoms with Crippen LogP contribution in [0.25, 0.3) is 17.2 Å². The lowest BCUT2D eigenvalue weighted by atomic mass is 10.1. The molecule has 4 rings (SSSR count). The molecule has 0 spiro atoms. The highest BCUT2D eigenvalue weighted by atomic mass is 35.5. The first-order valence-electron chi connectivity index (χ1n) is 7.67. The number of aromatic nitrogens is 4. The number of hydrogen-bond acceptors (Lipinski definition) is 5. The Kier molecular flexibility index (Phi) is 3.61. The third kappa shape index (κ3) is 2.39. The Hall–Kier alpha value is -2.60. The summed E-state index contributed by atoms with van der Waals surface area (Å²) in [6, 6.07) is 9.42. The van der Waals surface area contributed by atoms with Crippen molar-refractivity contribution in [1.29, 1.82) is 0 Å². The van der Waals surface area contributed by atoms with Crippen LogP contribution in [-0.2, 0) is 0 Å². The standard InChI is InChI=1S/C17H16ClN5O/c1-10-9-20-13-7-11(18)3-4-15(13)23-16(10)21-22-17(23)14-8-12(24-2)5-6-19-14/h3-8,10,20H,9H2,1-2H3. The summed E-state index contributed by atoms with van der Waals surface area (Å²) in [7, 11) is 1.63. The predicted molar refractivity (Wildman–Crippen MR) is 93.1 cm³/mol. The average molecular weight is 342 g/mol. The molecule has 1 N–H and O–H groups in total. The number of ether oxygens (including phenoxy) is 1. The Labute approximate surface area is 144 Å². The number of anilines is 1. The second kappa shape index (κ2) is 5.79. The van der Waals surface area contributed by atoms with Crippen LogP contribution in [0.4, 0.5) is 5.69 Å². The highest BCUT2D eigenvalue weighted by molar-refractivity contribution is 6.31. The first-order chi connectivity index (χ1) is 11.7. The topological polar surface area (TPSA) is 64.9 Å². The Morgan fingerprint density at radius 1 is 1.25 bits per heavy atom. The van der Waals surface area contributed by atoms with E-state index in [4.69, 9.17) is 16.3 Å². The number of nitrogens with one attached hydrogen (secondary N) is 1. The number of fused-ring (bicyclic) bond motifs is 3. The number of nitrogens with zero attached hydrogens (tertiary/aromatic N) is 4. The monoisotopic (exact) mass is 341 g/mol. The normalized spacial score (nSPS) is 15.9. The molecule has 1 atom stereocenters. The minimum Gasteiger partial charge on any atom is -0.497 e. The molecule has 0 saturated heterocycles. The molecule has 1 unspecified atom stereocenters. The molecule has 0 radical (unpaired) electrons. The van der Waals surface area contributed by atoms with Gasteiger partial charge in [0.15, 0.2) is 5.82 Å². The first kappa shape index (κ1) is 15.0. The molecule has 1 aromatic carbocycles. The van der Waals surface area contributed by atoms with Gasteiger partial charge in [0.1, 0.15) is 17.3 Å². The SMILES string of the molecule is COc1ccnc(-c2nnc3n2-c2ccc(Cl)cc2NCC3C)c1. The molecule has 0 saturated carbocycles. The molecule has 3 aromatic rings. The van der Waals surface area contributed by atoms with Crippen molar-refractivity contribution in [1.82, 2.24) is 19.7 Å². The van der Waals surface area contributed by atoms with Crippen molar-refractivity contribution in [3.63, 3.8) is 0 Å². The van der Waals surface area contributed by atoms with Gasteiger partial charge < -0.3 is 10.1 Å². The van der Waals surface area contributed by atoms with Gasteiger partial charge in [-0.1, -0.05) is 18.5 Å². The van der Waals surface area contributed by atoms with Crippen molar-refractivity contribution < 1.29 is 4.74 Å². The average Bonchev–Trinajstić information content (AvgIpc) is 2.99. The molecule has 1 aliphatic rings. The molecule has 24 heavy (non-hydrogen) atoms. The van der Waals surface area contributed by atoms with Crippen LogP contribution in [-0.4, -0.2) is 33.4 Å². The molecule has 6 nitrogen and oxygen atoms in total. The van der Waals surface area contributed by atoms with Crippen molar-refractivity contribution in [2.45, 2.75) is 12.8 Å². The van der Waals surface area contributed by atoms with Crippen LogP contribution in [0.1, 0.15) is 18.7 Å². The quantitative estimate of drug-likeness (QED) is 0.772. The van der Waals surface area contributed by atoms with Gasteiger partial charge in [0.05, 0.1) is 18.5 Å². The summed E-state index contributed by atoms with van der Waals surface area (Å²) < 4.78 is 7.34. The molecule has 122 valence electrons. The van der Waals surface area contributed by atoms with Crippen molar-refractivity contribution in [2.24, 2.45) is 0 Å². The van der Waals surface area contributed by atoms with Crippen LogP contribution < -0.4 is 10.1 Å². The lowest BCUT2D eigenvalue weighted by Crippen LogP contribution is -2.09. The first-order valence-corrected chi connectivity index (χ1v) is 8.04. The number of rotatable bonds is 2. The van der Waals surface area contributed by atoms with Crippen LogP contribution in [0.5, 0.6) is 5.75 Å². The molecular weight excluding hydrogens is 326 g/mol. The third-order valence-corrected chi connectivity index (χ3v) is 4.36. The maximum atomic E-state index is 6.15. The van der Waals surface area contributed by atoms with E-state index in [1.165, 1.54) is 0 Å². The van der Waals surface area contributed by atoms with Crippen LogP contribution in [0.3, 0.4) is 0 Å². The molecule has 0 aliphatic carbocycles. The van der Waals surface area contributed by atoms with E-state index in [0.717, 1.165) is 29.5 Å². The summed E-state index contributed by atoms with van der Waals surface area (Å²) in [6.45, 7) is 2.88. The summed E-state index contributed by atoms with van der Waals surface area (Å²) in [5.74, 6) is 2.50. The van der Waals surface area contributed by atoms with Crippen molar-refractivity contribution in [3.8, 4) is 23.0 Å². The van der Waals surface area contributed by atoms with E-state index in [-0.39, 0.29) is 5.92 Å². The van der Waals surface area contributed by atoms with Gasteiger partial charge in [0.25, 0.3) is 0 Å². The fourth-order valence-electron chi connectivity index (χ4n) is 2.88. The van der Waals surface area contributed by atoms with Crippen LogP contribution in [0.2, 0.25) is 5.02 Å². The fourth-order valence-corrected chi connectivity index (χ4v) is 3.05. The molecule has 0 amide bonds. The molecule has 0 fully saturated rings.